The van der Waals surface area contributed by atoms with Crippen molar-refractivity contribution < 1.29 is 0 Å². The van der Waals surface area contributed by atoms with Gasteiger partial charge in [0, 0.05) is 0 Å². The molecule has 1 nitrogen and oxygen atoms in total. The van der Waals surface area contributed by atoms with Gasteiger partial charge in [-0.2, -0.15) is 0 Å². The Morgan fingerprint density at radius 2 is 1.61 bits per heavy atom. The third-order valence-corrected chi connectivity index (χ3v) is 3.53. The quantitative estimate of drug-likeness (QED) is 0.495. The van der Waals surface area contributed by atoms with Gasteiger partial charge in [0.25, 0.3) is 0 Å². The first-order chi connectivity index (χ1) is 8.08. The van der Waals surface area contributed by atoms with Crippen LogP contribution in [0.1, 0.15) is 67.2 Å². The molecule has 0 heterocycles. The largest absolute Gasteiger partial charge is 0.320 e. The van der Waals surface area contributed by atoms with Crippen LogP contribution in [0.2, 0.25) is 0 Å². The summed E-state index contributed by atoms with van der Waals surface area (Å²) >= 11 is 0. The molecule has 0 aliphatic carbocycles. The van der Waals surface area contributed by atoms with Gasteiger partial charge in [0.15, 0.2) is 0 Å². The lowest BCUT2D eigenvalue weighted by molar-refractivity contribution is 0.192. The van der Waals surface area contributed by atoms with Crippen LogP contribution in [0.4, 0.5) is 0 Å². The van der Waals surface area contributed by atoms with E-state index in [4.69, 9.17) is 0 Å². The summed E-state index contributed by atoms with van der Waals surface area (Å²) in [4.78, 5) is 0. The molecule has 1 N–H and O–H groups in total. The molecule has 0 aliphatic heterocycles. The lowest BCUT2D eigenvalue weighted by Gasteiger charge is -2.37. The zero-order valence-electron chi connectivity index (χ0n) is 13.8. The Morgan fingerprint density at radius 1 is 1.06 bits per heavy atom. The summed E-state index contributed by atoms with van der Waals surface area (Å²) in [5, 5.41) is 3.21. The first-order valence-corrected chi connectivity index (χ1v) is 7.40. The van der Waals surface area contributed by atoms with E-state index >= 15 is 0 Å². The second-order valence-electron chi connectivity index (χ2n) is 7.90. The summed E-state index contributed by atoms with van der Waals surface area (Å²) in [5.41, 5.74) is 2.16. The van der Waals surface area contributed by atoms with E-state index in [1.807, 2.05) is 7.05 Å². The Labute approximate surface area is 115 Å². The molecule has 0 saturated heterocycles. The summed E-state index contributed by atoms with van der Waals surface area (Å²) in [6.45, 7) is 19.5. The lowest BCUT2D eigenvalue weighted by atomic mass is 9.68. The highest BCUT2D eigenvalue weighted by atomic mass is 14.8. The Kier molecular flexibility index (Phi) is 7.21. The highest BCUT2D eigenvalue weighted by molar-refractivity contribution is 5.06. The van der Waals surface area contributed by atoms with Crippen molar-refractivity contribution in [2.75, 3.05) is 13.6 Å². The lowest BCUT2D eigenvalue weighted by Crippen LogP contribution is -2.27. The number of nitrogens with one attached hydrogen (secondary N) is 1. The molecule has 0 aliphatic rings. The molecule has 108 valence electrons. The Morgan fingerprint density at radius 3 is 2.00 bits per heavy atom. The van der Waals surface area contributed by atoms with Crippen LogP contribution in [-0.4, -0.2) is 13.6 Å². The number of hydrogen-bond acceptors (Lipinski definition) is 1. The van der Waals surface area contributed by atoms with Crippen LogP contribution in [0.3, 0.4) is 0 Å². The maximum atomic E-state index is 4.38. The molecule has 0 amide bonds. The Bertz CT molecular complexity index is 239. The van der Waals surface area contributed by atoms with Crippen LogP contribution < -0.4 is 5.32 Å². The second kappa shape index (κ2) is 7.33. The van der Waals surface area contributed by atoms with Crippen molar-refractivity contribution in [3.8, 4) is 0 Å². The average Bonchev–Trinajstić information content (AvgIpc) is 2.18. The van der Waals surface area contributed by atoms with Crippen LogP contribution in [-0.2, 0) is 0 Å². The van der Waals surface area contributed by atoms with Crippen molar-refractivity contribution in [1.29, 1.82) is 0 Å². The van der Waals surface area contributed by atoms with Gasteiger partial charge in [-0.15, -0.1) is 0 Å². The fraction of sp³-hybridized carbons (Fsp3) is 0.882. The van der Waals surface area contributed by atoms with Crippen LogP contribution >= 0.6 is 0 Å². The van der Waals surface area contributed by atoms with Crippen LogP contribution in [0.25, 0.3) is 0 Å². The minimum Gasteiger partial charge on any atom is -0.320 e. The van der Waals surface area contributed by atoms with E-state index in [1.54, 1.807) is 0 Å². The van der Waals surface area contributed by atoms with Crippen molar-refractivity contribution in [2.24, 2.45) is 16.7 Å². The summed E-state index contributed by atoms with van der Waals surface area (Å²) < 4.78 is 0. The topological polar surface area (TPSA) is 12.0 Å². The van der Waals surface area contributed by atoms with Crippen molar-refractivity contribution >= 4 is 0 Å². The van der Waals surface area contributed by atoms with E-state index < -0.39 is 0 Å². The SMILES string of the molecule is C=C(CCCCNC)C(CC(C)(C)C)C(C)(C)C. The zero-order chi connectivity index (χ0) is 14.4. The molecule has 1 unspecified atom stereocenters. The number of hydrogen-bond donors (Lipinski definition) is 1. The molecular formula is C17H35N. The van der Waals surface area contributed by atoms with Gasteiger partial charge < -0.3 is 5.32 Å². The van der Waals surface area contributed by atoms with Gasteiger partial charge in [0.05, 0.1) is 0 Å². The third kappa shape index (κ3) is 7.92. The predicted molar refractivity (Wildman–Crippen MR) is 83.9 cm³/mol. The maximum absolute atomic E-state index is 4.38. The molecule has 0 aromatic heterocycles. The standard InChI is InChI=1S/C17H35N/c1-14(11-9-10-12-18-8)15(17(5,6)7)13-16(2,3)4/h15,18H,1,9-13H2,2-8H3. The normalized spacial score (nSPS) is 14.6. The summed E-state index contributed by atoms with van der Waals surface area (Å²) in [7, 11) is 2.02. The molecule has 0 saturated carbocycles. The van der Waals surface area contributed by atoms with E-state index in [2.05, 4.69) is 53.4 Å². The van der Waals surface area contributed by atoms with Crippen molar-refractivity contribution in [2.45, 2.75) is 67.2 Å². The van der Waals surface area contributed by atoms with Gasteiger partial charge in [-0.3, -0.25) is 0 Å². The van der Waals surface area contributed by atoms with E-state index in [0.717, 1.165) is 6.54 Å². The summed E-state index contributed by atoms with van der Waals surface area (Å²) in [6.07, 6.45) is 4.93. The van der Waals surface area contributed by atoms with E-state index in [1.165, 1.54) is 31.3 Å². The molecule has 1 atom stereocenters. The Hall–Kier alpha value is -0.300. The average molecular weight is 253 g/mol. The van der Waals surface area contributed by atoms with Crippen molar-refractivity contribution in [1.82, 2.24) is 5.32 Å². The van der Waals surface area contributed by atoms with Gasteiger partial charge in [-0.05, 0) is 56.0 Å². The fourth-order valence-electron chi connectivity index (χ4n) is 2.50. The van der Waals surface area contributed by atoms with Crippen LogP contribution in [0, 0.1) is 16.7 Å². The highest BCUT2D eigenvalue weighted by Crippen LogP contribution is 2.41. The molecule has 0 bridgehead atoms. The molecule has 18 heavy (non-hydrogen) atoms. The molecule has 0 spiro atoms. The smallest absolute Gasteiger partial charge is 0.00518 e. The monoisotopic (exact) mass is 253 g/mol. The van der Waals surface area contributed by atoms with E-state index in [9.17, 15) is 0 Å². The minimum atomic E-state index is 0.327. The predicted octanol–water partition coefficient (Wildman–Crippen LogP) is 5.03. The highest BCUT2D eigenvalue weighted by Gasteiger charge is 2.30. The summed E-state index contributed by atoms with van der Waals surface area (Å²) in [6, 6.07) is 0. The van der Waals surface area contributed by atoms with Gasteiger partial charge >= 0.3 is 0 Å². The van der Waals surface area contributed by atoms with Crippen LogP contribution in [0.15, 0.2) is 12.2 Å². The second-order valence-corrected chi connectivity index (χ2v) is 7.90. The summed E-state index contributed by atoms with van der Waals surface area (Å²) in [5.74, 6) is 0.632. The zero-order valence-corrected chi connectivity index (χ0v) is 13.8. The van der Waals surface area contributed by atoms with Crippen molar-refractivity contribution in [3.63, 3.8) is 0 Å². The number of unbranched alkanes of at least 4 members (excludes halogenated alkanes) is 1. The van der Waals surface area contributed by atoms with E-state index in [-0.39, 0.29) is 0 Å². The maximum Gasteiger partial charge on any atom is -0.00518 e. The Balaban J connectivity index is 4.43. The van der Waals surface area contributed by atoms with Gasteiger partial charge in [-0.1, -0.05) is 53.7 Å². The minimum absolute atomic E-state index is 0.327. The van der Waals surface area contributed by atoms with Gasteiger partial charge in [0.1, 0.15) is 0 Å². The molecule has 0 aromatic carbocycles. The van der Waals surface area contributed by atoms with Gasteiger partial charge in [0.2, 0.25) is 0 Å². The molecule has 0 fully saturated rings. The molecule has 0 aromatic rings. The van der Waals surface area contributed by atoms with E-state index in [0.29, 0.717) is 16.7 Å². The fourth-order valence-corrected chi connectivity index (χ4v) is 2.50. The van der Waals surface area contributed by atoms with Crippen molar-refractivity contribution in [3.05, 3.63) is 12.2 Å². The number of rotatable bonds is 7. The molecule has 0 radical (unpaired) electrons. The first kappa shape index (κ1) is 17.7. The number of allylic oxidation sites excluding steroid dienone is 1. The third-order valence-electron chi connectivity index (χ3n) is 3.53. The first-order valence-electron chi connectivity index (χ1n) is 7.40. The molecule has 1 heteroatoms. The van der Waals surface area contributed by atoms with Crippen LogP contribution in [0.5, 0.6) is 0 Å². The molecular weight excluding hydrogens is 218 g/mol. The molecule has 0 rings (SSSR count). The van der Waals surface area contributed by atoms with Gasteiger partial charge in [-0.25, -0.2) is 0 Å².